The first kappa shape index (κ1) is 10.4. The zero-order valence-corrected chi connectivity index (χ0v) is 9.30. The van der Waals surface area contributed by atoms with Gasteiger partial charge in [0.2, 0.25) is 0 Å². The van der Waals surface area contributed by atoms with Crippen LogP contribution in [0.3, 0.4) is 0 Å². The Hall–Kier alpha value is -0.110. The third-order valence-corrected chi connectivity index (χ3v) is 3.72. The molecule has 0 radical (unpaired) electrons. The highest BCUT2D eigenvalue weighted by atomic mass is 19.1. The van der Waals surface area contributed by atoms with E-state index in [0.29, 0.717) is 23.9 Å². The summed E-state index contributed by atoms with van der Waals surface area (Å²) in [7, 11) is 0. The Morgan fingerprint density at radius 2 is 1.79 bits per heavy atom. The van der Waals surface area contributed by atoms with Gasteiger partial charge in [0.1, 0.15) is 6.17 Å². The van der Waals surface area contributed by atoms with Crippen LogP contribution in [0, 0.1) is 11.8 Å². The molecule has 0 aromatic heterocycles. The topological polar surface area (TPSA) is 12.0 Å². The second-order valence-electron chi connectivity index (χ2n) is 5.51. The minimum atomic E-state index is -0.555. The Balaban J connectivity index is 1.86. The molecule has 0 saturated carbocycles. The first-order valence-electron chi connectivity index (χ1n) is 6.05. The fraction of sp³-hybridized carbons (Fsp3) is 1.00. The Morgan fingerprint density at radius 1 is 1.21 bits per heavy atom. The number of fused-ring (bicyclic) bond motifs is 2. The van der Waals surface area contributed by atoms with Gasteiger partial charge in [-0.05, 0) is 43.9 Å². The van der Waals surface area contributed by atoms with E-state index >= 15 is 0 Å². The van der Waals surface area contributed by atoms with Gasteiger partial charge in [0, 0.05) is 12.1 Å². The van der Waals surface area contributed by atoms with Crippen molar-refractivity contribution in [2.75, 3.05) is 0 Å². The maximum atomic E-state index is 13.9. The van der Waals surface area contributed by atoms with Crippen molar-refractivity contribution in [1.82, 2.24) is 5.32 Å². The van der Waals surface area contributed by atoms with Crippen LogP contribution in [0.1, 0.15) is 46.0 Å². The molecule has 2 aliphatic heterocycles. The van der Waals surface area contributed by atoms with Crippen molar-refractivity contribution >= 4 is 0 Å². The van der Waals surface area contributed by atoms with E-state index in [1.165, 1.54) is 12.8 Å². The molecular formula is C12H22FN. The van der Waals surface area contributed by atoms with E-state index < -0.39 is 6.17 Å². The van der Waals surface area contributed by atoms with Gasteiger partial charge in [-0.3, -0.25) is 0 Å². The molecule has 2 heteroatoms. The molecule has 2 aliphatic rings. The van der Waals surface area contributed by atoms with Crippen molar-refractivity contribution in [2.45, 2.75) is 64.2 Å². The summed E-state index contributed by atoms with van der Waals surface area (Å²) in [6.07, 6.45) is 4.89. The quantitative estimate of drug-likeness (QED) is 0.737. The molecule has 0 spiro atoms. The van der Waals surface area contributed by atoms with Crippen molar-refractivity contribution < 1.29 is 4.39 Å². The molecule has 0 aromatic rings. The lowest BCUT2D eigenvalue weighted by Gasteiger charge is -2.31. The summed E-state index contributed by atoms with van der Waals surface area (Å²) in [5.41, 5.74) is 0. The summed E-state index contributed by atoms with van der Waals surface area (Å²) in [6.45, 7) is 4.23. The number of hydrogen-bond donors (Lipinski definition) is 1. The predicted octanol–water partition coefficient (Wildman–Crippen LogP) is 2.90. The van der Waals surface area contributed by atoms with E-state index in [4.69, 9.17) is 0 Å². The lowest BCUT2D eigenvalue weighted by Crippen LogP contribution is -2.41. The Morgan fingerprint density at radius 3 is 2.29 bits per heavy atom. The van der Waals surface area contributed by atoms with Gasteiger partial charge in [0.25, 0.3) is 0 Å². The SMILES string of the molecule is CC(C)CC(F)C1CC2CCC(C1)N2. The average Bonchev–Trinajstić information content (AvgIpc) is 2.44. The zero-order valence-electron chi connectivity index (χ0n) is 9.30. The standard InChI is InChI=1S/C12H22FN/c1-8(2)5-12(13)9-6-10-3-4-11(7-9)14-10/h8-12,14H,3-7H2,1-2H3. The van der Waals surface area contributed by atoms with Crippen LogP contribution in [0.5, 0.6) is 0 Å². The maximum Gasteiger partial charge on any atom is 0.103 e. The maximum absolute atomic E-state index is 13.9. The summed E-state index contributed by atoms with van der Waals surface area (Å²) in [5, 5.41) is 3.56. The number of alkyl halides is 1. The van der Waals surface area contributed by atoms with Crippen LogP contribution in [0.15, 0.2) is 0 Å². The number of piperidine rings is 1. The molecule has 2 bridgehead atoms. The molecule has 2 heterocycles. The lowest BCUT2D eigenvalue weighted by molar-refractivity contribution is 0.141. The van der Waals surface area contributed by atoms with E-state index in [9.17, 15) is 4.39 Å². The van der Waals surface area contributed by atoms with E-state index in [0.717, 1.165) is 19.3 Å². The van der Waals surface area contributed by atoms with Gasteiger partial charge in [0.15, 0.2) is 0 Å². The first-order valence-corrected chi connectivity index (χ1v) is 6.05. The van der Waals surface area contributed by atoms with Gasteiger partial charge in [-0.15, -0.1) is 0 Å². The smallest absolute Gasteiger partial charge is 0.103 e. The zero-order chi connectivity index (χ0) is 10.1. The molecule has 2 saturated heterocycles. The fourth-order valence-electron chi connectivity index (χ4n) is 3.04. The highest BCUT2D eigenvalue weighted by molar-refractivity contribution is 4.94. The van der Waals surface area contributed by atoms with E-state index in [1.54, 1.807) is 0 Å². The third kappa shape index (κ3) is 2.28. The molecule has 2 fully saturated rings. The molecule has 0 aromatic carbocycles. The minimum Gasteiger partial charge on any atom is -0.311 e. The summed E-state index contributed by atoms with van der Waals surface area (Å²) >= 11 is 0. The summed E-state index contributed by atoms with van der Waals surface area (Å²) < 4.78 is 13.9. The molecule has 14 heavy (non-hydrogen) atoms. The van der Waals surface area contributed by atoms with Gasteiger partial charge in [-0.2, -0.15) is 0 Å². The summed E-state index contributed by atoms with van der Waals surface area (Å²) in [4.78, 5) is 0. The van der Waals surface area contributed by atoms with Crippen molar-refractivity contribution in [1.29, 1.82) is 0 Å². The Bertz CT molecular complexity index is 181. The molecule has 3 unspecified atom stereocenters. The average molecular weight is 199 g/mol. The van der Waals surface area contributed by atoms with Gasteiger partial charge in [0.05, 0.1) is 0 Å². The fourth-order valence-corrected chi connectivity index (χ4v) is 3.04. The number of hydrogen-bond acceptors (Lipinski definition) is 1. The number of halogens is 1. The summed E-state index contributed by atoms with van der Waals surface area (Å²) in [5.74, 6) is 0.841. The number of rotatable bonds is 3. The van der Waals surface area contributed by atoms with Crippen LogP contribution in [0.25, 0.3) is 0 Å². The van der Waals surface area contributed by atoms with Crippen molar-refractivity contribution in [3.8, 4) is 0 Å². The molecule has 1 nitrogen and oxygen atoms in total. The molecule has 0 amide bonds. The van der Waals surface area contributed by atoms with Crippen LogP contribution in [-0.4, -0.2) is 18.3 Å². The summed E-state index contributed by atoms with van der Waals surface area (Å²) in [6, 6.07) is 1.26. The molecule has 82 valence electrons. The molecular weight excluding hydrogens is 177 g/mol. The van der Waals surface area contributed by atoms with E-state index in [-0.39, 0.29) is 0 Å². The van der Waals surface area contributed by atoms with Gasteiger partial charge >= 0.3 is 0 Å². The first-order chi connectivity index (χ1) is 6.65. The largest absolute Gasteiger partial charge is 0.311 e. The second-order valence-corrected chi connectivity index (χ2v) is 5.51. The molecule has 3 atom stereocenters. The third-order valence-electron chi connectivity index (χ3n) is 3.72. The van der Waals surface area contributed by atoms with Crippen LogP contribution in [0.4, 0.5) is 4.39 Å². The highest BCUT2D eigenvalue weighted by Gasteiger charge is 2.37. The Labute approximate surface area is 86.5 Å². The lowest BCUT2D eigenvalue weighted by atomic mass is 9.85. The normalized spacial score (nSPS) is 39.0. The van der Waals surface area contributed by atoms with Crippen LogP contribution in [-0.2, 0) is 0 Å². The van der Waals surface area contributed by atoms with Crippen molar-refractivity contribution in [2.24, 2.45) is 11.8 Å². The van der Waals surface area contributed by atoms with Gasteiger partial charge < -0.3 is 5.32 Å². The molecule has 2 rings (SSSR count). The molecule has 1 N–H and O–H groups in total. The van der Waals surface area contributed by atoms with Crippen LogP contribution >= 0.6 is 0 Å². The van der Waals surface area contributed by atoms with Crippen molar-refractivity contribution in [3.63, 3.8) is 0 Å². The Kier molecular flexibility index (Phi) is 3.10. The number of nitrogens with one attached hydrogen (secondary N) is 1. The minimum absolute atomic E-state index is 0.344. The highest BCUT2D eigenvalue weighted by Crippen LogP contribution is 2.35. The monoisotopic (exact) mass is 199 g/mol. The van der Waals surface area contributed by atoms with Crippen molar-refractivity contribution in [3.05, 3.63) is 0 Å². The van der Waals surface area contributed by atoms with E-state index in [1.807, 2.05) is 0 Å². The van der Waals surface area contributed by atoms with Crippen LogP contribution < -0.4 is 5.32 Å². The van der Waals surface area contributed by atoms with Gasteiger partial charge in [-0.1, -0.05) is 13.8 Å². The molecule has 0 aliphatic carbocycles. The second kappa shape index (κ2) is 4.18. The predicted molar refractivity (Wildman–Crippen MR) is 57.0 cm³/mol. The van der Waals surface area contributed by atoms with E-state index in [2.05, 4.69) is 19.2 Å². The van der Waals surface area contributed by atoms with Crippen LogP contribution in [0.2, 0.25) is 0 Å². The van der Waals surface area contributed by atoms with Gasteiger partial charge in [-0.25, -0.2) is 4.39 Å².